The average Bonchev–Trinajstić information content (AvgIpc) is 2.53. The van der Waals surface area contributed by atoms with Crippen LogP contribution in [0.5, 0.6) is 0 Å². The second-order valence-corrected chi connectivity index (χ2v) is 6.44. The molecular weight excluding hydrogens is 290 g/mol. The summed E-state index contributed by atoms with van der Waals surface area (Å²) in [7, 11) is -2.18. The van der Waals surface area contributed by atoms with Gasteiger partial charge in [-0.05, 0) is 30.2 Å². The van der Waals surface area contributed by atoms with E-state index in [1.165, 1.54) is 19.4 Å². The Balaban J connectivity index is 2.19. The number of hydrogen-bond donors (Lipinski definition) is 0. The van der Waals surface area contributed by atoms with E-state index in [0.29, 0.717) is 11.1 Å². The number of benzene rings is 1. The smallest absolute Gasteiger partial charge is 0.338 e. The maximum Gasteiger partial charge on any atom is 0.338 e. The second kappa shape index (κ2) is 6.49. The van der Waals surface area contributed by atoms with Crippen LogP contribution in [0.15, 0.2) is 53.7 Å². The lowest BCUT2D eigenvalue weighted by Gasteiger charge is -2.08. The fourth-order valence-electron chi connectivity index (χ4n) is 1.93. The summed E-state index contributed by atoms with van der Waals surface area (Å²) in [6.07, 6.45) is 1.67. The lowest BCUT2D eigenvalue weighted by molar-refractivity contribution is 0.0599. The number of esters is 1. The number of aromatic nitrogens is 1. The van der Waals surface area contributed by atoms with Gasteiger partial charge in [-0.1, -0.05) is 24.3 Å². The van der Waals surface area contributed by atoms with Crippen LogP contribution in [0.4, 0.5) is 0 Å². The summed E-state index contributed by atoms with van der Waals surface area (Å²) in [6.45, 7) is 0. The molecule has 0 saturated heterocycles. The standard InChI is InChI=1S/C15H15NO4S/c1-20-15(17)13-7-3-2-6-12(13)9-11-21(18,19)14-8-4-5-10-16-14/h2-8,10H,9,11H2,1H3. The number of aryl methyl sites for hydroxylation is 1. The number of pyridine rings is 1. The van der Waals surface area contributed by atoms with Gasteiger partial charge in [-0.3, -0.25) is 0 Å². The minimum absolute atomic E-state index is 0.0422. The Labute approximate surface area is 123 Å². The van der Waals surface area contributed by atoms with E-state index in [0.717, 1.165) is 0 Å². The summed E-state index contributed by atoms with van der Waals surface area (Å²) in [6, 6.07) is 11.6. The maximum absolute atomic E-state index is 12.2. The third-order valence-electron chi connectivity index (χ3n) is 3.02. The van der Waals surface area contributed by atoms with Gasteiger partial charge < -0.3 is 4.74 Å². The van der Waals surface area contributed by atoms with Crippen molar-refractivity contribution < 1.29 is 17.9 Å². The molecule has 0 unspecified atom stereocenters. The van der Waals surface area contributed by atoms with Crippen LogP contribution in [0.3, 0.4) is 0 Å². The van der Waals surface area contributed by atoms with Crippen LogP contribution in [-0.4, -0.2) is 32.2 Å². The third-order valence-corrected chi connectivity index (χ3v) is 4.64. The predicted molar refractivity (Wildman–Crippen MR) is 77.8 cm³/mol. The van der Waals surface area contributed by atoms with Gasteiger partial charge in [-0.25, -0.2) is 18.2 Å². The molecule has 0 atom stereocenters. The first-order valence-electron chi connectivity index (χ1n) is 6.34. The van der Waals surface area contributed by atoms with Crippen LogP contribution >= 0.6 is 0 Å². The highest BCUT2D eigenvalue weighted by molar-refractivity contribution is 7.91. The normalized spacial score (nSPS) is 11.1. The van der Waals surface area contributed by atoms with E-state index in [2.05, 4.69) is 4.98 Å². The Morgan fingerprint density at radius 1 is 1.14 bits per heavy atom. The van der Waals surface area contributed by atoms with Crippen molar-refractivity contribution in [2.24, 2.45) is 0 Å². The summed E-state index contributed by atoms with van der Waals surface area (Å²) in [5, 5.41) is 0.0422. The minimum Gasteiger partial charge on any atom is -0.465 e. The summed E-state index contributed by atoms with van der Waals surface area (Å²) in [5.41, 5.74) is 1.03. The molecule has 0 aliphatic rings. The fraction of sp³-hybridized carbons (Fsp3) is 0.200. The van der Waals surface area contributed by atoms with Gasteiger partial charge in [0, 0.05) is 6.20 Å². The van der Waals surface area contributed by atoms with E-state index in [4.69, 9.17) is 4.74 Å². The highest BCUT2D eigenvalue weighted by Gasteiger charge is 2.18. The summed E-state index contributed by atoms with van der Waals surface area (Å²) >= 11 is 0. The Kier molecular flexibility index (Phi) is 4.70. The molecule has 1 aromatic heterocycles. The lowest BCUT2D eigenvalue weighted by atomic mass is 10.1. The lowest BCUT2D eigenvalue weighted by Crippen LogP contribution is -2.13. The van der Waals surface area contributed by atoms with Crippen molar-refractivity contribution in [2.75, 3.05) is 12.9 Å². The van der Waals surface area contributed by atoms with Crippen LogP contribution in [0.25, 0.3) is 0 Å². The van der Waals surface area contributed by atoms with Gasteiger partial charge in [0.25, 0.3) is 0 Å². The van der Waals surface area contributed by atoms with Crippen LogP contribution in [0, 0.1) is 0 Å². The van der Waals surface area contributed by atoms with Crippen molar-refractivity contribution in [3.8, 4) is 0 Å². The topological polar surface area (TPSA) is 73.3 Å². The molecule has 0 N–H and O–H groups in total. The molecule has 6 heteroatoms. The largest absolute Gasteiger partial charge is 0.465 e. The van der Waals surface area contributed by atoms with E-state index >= 15 is 0 Å². The number of methoxy groups -OCH3 is 1. The first-order valence-corrected chi connectivity index (χ1v) is 8.00. The average molecular weight is 305 g/mol. The van der Waals surface area contributed by atoms with Crippen molar-refractivity contribution in [1.29, 1.82) is 0 Å². The highest BCUT2D eigenvalue weighted by Crippen LogP contribution is 2.14. The van der Waals surface area contributed by atoms with Gasteiger partial charge in [0.1, 0.15) is 0 Å². The molecule has 2 rings (SSSR count). The first-order chi connectivity index (χ1) is 10.0. The van der Waals surface area contributed by atoms with Crippen LogP contribution in [0.1, 0.15) is 15.9 Å². The zero-order valence-electron chi connectivity index (χ0n) is 11.5. The van der Waals surface area contributed by atoms with Crippen molar-refractivity contribution in [1.82, 2.24) is 4.98 Å². The molecule has 21 heavy (non-hydrogen) atoms. The SMILES string of the molecule is COC(=O)c1ccccc1CCS(=O)(=O)c1ccccn1. The van der Waals surface area contributed by atoms with Gasteiger partial charge in [0.05, 0.1) is 18.4 Å². The molecule has 0 spiro atoms. The molecule has 0 aliphatic heterocycles. The third kappa shape index (κ3) is 3.66. The molecule has 0 saturated carbocycles. The monoisotopic (exact) mass is 305 g/mol. The molecule has 1 aromatic carbocycles. The number of carbonyl (C=O) groups is 1. The van der Waals surface area contributed by atoms with E-state index in [1.807, 2.05) is 0 Å². The fourth-order valence-corrected chi connectivity index (χ4v) is 3.13. The number of rotatable bonds is 5. The zero-order chi connectivity index (χ0) is 15.3. The van der Waals surface area contributed by atoms with Crippen LogP contribution in [-0.2, 0) is 21.0 Å². The Hall–Kier alpha value is -2.21. The van der Waals surface area contributed by atoms with Crippen molar-refractivity contribution in [3.05, 3.63) is 59.8 Å². The van der Waals surface area contributed by atoms with Crippen LogP contribution in [0.2, 0.25) is 0 Å². The van der Waals surface area contributed by atoms with E-state index in [-0.39, 0.29) is 17.2 Å². The Morgan fingerprint density at radius 2 is 1.86 bits per heavy atom. The van der Waals surface area contributed by atoms with Gasteiger partial charge >= 0.3 is 5.97 Å². The van der Waals surface area contributed by atoms with Crippen molar-refractivity contribution in [3.63, 3.8) is 0 Å². The van der Waals surface area contributed by atoms with Gasteiger partial charge in [0.2, 0.25) is 0 Å². The Morgan fingerprint density at radius 3 is 2.52 bits per heavy atom. The summed E-state index contributed by atoms with van der Waals surface area (Å²) < 4.78 is 29.0. The minimum atomic E-state index is -3.47. The Bertz CT molecular complexity index is 726. The van der Waals surface area contributed by atoms with Gasteiger partial charge in [0.15, 0.2) is 14.9 Å². The number of nitrogens with zero attached hydrogens (tertiary/aromatic N) is 1. The molecule has 0 amide bonds. The van der Waals surface area contributed by atoms with E-state index in [1.54, 1.807) is 36.4 Å². The van der Waals surface area contributed by atoms with E-state index in [9.17, 15) is 13.2 Å². The number of carbonyl (C=O) groups excluding carboxylic acids is 1. The molecule has 0 aliphatic carbocycles. The highest BCUT2D eigenvalue weighted by atomic mass is 32.2. The summed E-state index contributed by atoms with van der Waals surface area (Å²) in [4.78, 5) is 15.5. The molecule has 110 valence electrons. The van der Waals surface area contributed by atoms with Crippen molar-refractivity contribution in [2.45, 2.75) is 11.4 Å². The van der Waals surface area contributed by atoms with Gasteiger partial charge in [-0.15, -0.1) is 0 Å². The molecule has 5 nitrogen and oxygen atoms in total. The quantitative estimate of drug-likeness (QED) is 0.789. The summed E-state index contributed by atoms with van der Waals surface area (Å²) in [5.74, 6) is -0.585. The van der Waals surface area contributed by atoms with Gasteiger partial charge in [-0.2, -0.15) is 0 Å². The number of sulfone groups is 1. The molecule has 1 heterocycles. The molecule has 2 aromatic rings. The second-order valence-electron chi connectivity index (χ2n) is 4.39. The molecule has 0 bridgehead atoms. The predicted octanol–water partition coefficient (Wildman–Crippen LogP) is 1.88. The number of hydrogen-bond acceptors (Lipinski definition) is 5. The van der Waals surface area contributed by atoms with Crippen LogP contribution < -0.4 is 0 Å². The van der Waals surface area contributed by atoms with E-state index < -0.39 is 15.8 Å². The molecular formula is C15H15NO4S. The molecule has 0 fully saturated rings. The van der Waals surface area contributed by atoms with Crippen molar-refractivity contribution >= 4 is 15.8 Å². The number of ether oxygens (including phenoxy) is 1. The zero-order valence-corrected chi connectivity index (χ0v) is 12.3. The molecule has 0 radical (unpaired) electrons. The first kappa shape index (κ1) is 15.2. The maximum atomic E-state index is 12.2.